The minimum atomic E-state index is 0.236. The molecule has 0 aliphatic carbocycles. The number of nitrogen functional groups attached to an aromatic ring is 1. The Morgan fingerprint density at radius 1 is 1.43 bits per heavy atom. The molecule has 2 aromatic heterocycles. The summed E-state index contributed by atoms with van der Waals surface area (Å²) in [5.41, 5.74) is 7.38. The van der Waals surface area contributed by atoms with E-state index in [0.29, 0.717) is 11.0 Å². The number of halogens is 1. The number of aromatic nitrogens is 3. The van der Waals surface area contributed by atoms with Crippen LogP contribution in [0.3, 0.4) is 0 Å². The summed E-state index contributed by atoms with van der Waals surface area (Å²) in [4.78, 5) is 8.15. The van der Waals surface area contributed by atoms with E-state index < -0.39 is 0 Å². The maximum atomic E-state index is 6.04. The summed E-state index contributed by atoms with van der Waals surface area (Å²) in [6, 6.07) is 0.236. The first-order valence-corrected chi connectivity index (χ1v) is 4.76. The van der Waals surface area contributed by atoms with Crippen molar-refractivity contribution in [2.45, 2.75) is 19.9 Å². The van der Waals surface area contributed by atoms with Crippen molar-refractivity contribution in [3.8, 4) is 0 Å². The van der Waals surface area contributed by atoms with Crippen LogP contribution in [0, 0.1) is 0 Å². The molecule has 0 radical (unpaired) electrons. The molecule has 0 spiro atoms. The number of imidazole rings is 1. The summed E-state index contributed by atoms with van der Waals surface area (Å²) in [6.07, 6.45) is 3.26. The fourth-order valence-corrected chi connectivity index (χ4v) is 1.80. The van der Waals surface area contributed by atoms with Crippen LogP contribution in [0.2, 0.25) is 5.02 Å². The van der Waals surface area contributed by atoms with Gasteiger partial charge in [-0.3, -0.25) is 4.98 Å². The average molecular weight is 211 g/mol. The summed E-state index contributed by atoms with van der Waals surface area (Å²) in [7, 11) is 0. The summed E-state index contributed by atoms with van der Waals surface area (Å²) in [5.74, 6) is 0.477. The smallest absolute Gasteiger partial charge is 0.201 e. The number of fused-ring (bicyclic) bond motifs is 1. The van der Waals surface area contributed by atoms with Gasteiger partial charge in [0.1, 0.15) is 5.52 Å². The Bertz CT molecular complexity index is 475. The number of hydrogen-bond acceptors (Lipinski definition) is 3. The number of anilines is 1. The largest absolute Gasteiger partial charge is 0.369 e. The molecule has 0 aromatic carbocycles. The molecule has 2 rings (SSSR count). The Hall–Kier alpha value is -1.29. The zero-order chi connectivity index (χ0) is 10.3. The molecule has 0 bridgehead atoms. The van der Waals surface area contributed by atoms with Gasteiger partial charge in [0.25, 0.3) is 0 Å². The molecule has 74 valence electrons. The van der Waals surface area contributed by atoms with Gasteiger partial charge < -0.3 is 10.3 Å². The summed E-state index contributed by atoms with van der Waals surface area (Å²) in [5, 5.41) is 0.584. The predicted molar refractivity (Wildman–Crippen MR) is 57.3 cm³/mol. The lowest BCUT2D eigenvalue weighted by atomic mass is 10.3. The van der Waals surface area contributed by atoms with Gasteiger partial charge in [0, 0.05) is 12.2 Å². The lowest BCUT2D eigenvalue weighted by Crippen LogP contribution is -2.05. The van der Waals surface area contributed by atoms with E-state index in [9.17, 15) is 0 Å². The van der Waals surface area contributed by atoms with Crippen LogP contribution in [0.5, 0.6) is 0 Å². The van der Waals surface area contributed by atoms with Crippen molar-refractivity contribution in [3.05, 3.63) is 17.4 Å². The first-order chi connectivity index (χ1) is 6.61. The van der Waals surface area contributed by atoms with E-state index in [2.05, 4.69) is 9.97 Å². The van der Waals surface area contributed by atoms with Crippen LogP contribution in [0.1, 0.15) is 19.9 Å². The van der Waals surface area contributed by atoms with E-state index in [4.69, 9.17) is 17.3 Å². The van der Waals surface area contributed by atoms with Gasteiger partial charge in [-0.25, -0.2) is 4.98 Å². The molecule has 14 heavy (non-hydrogen) atoms. The molecule has 2 heterocycles. The van der Waals surface area contributed by atoms with Crippen LogP contribution in [0.15, 0.2) is 12.4 Å². The first-order valence-electron chi connectivity index (χ1n) is 4.38. The highest BCUT2D eigenvalue weighted by atomic mass is 35.5. The SMILES string of the molecule is CC(C)n1c(N)nc2cncc(Cl)c21. The Balaban J connectivity index is 2.86. The zero-order valence-corrected chi connectivity index (χ0v) is 8.78. The first kappa shape index (κ1) is 9.27. The van der Waals surface area contributed by atoms with Crippen LogP contribution >= 0.6 is 11.6 Å². The van der Waals surface area contributed by atoms with Crippen molar-refractivity contribution in [2.75, 3.05) is 5.73 Å². The summed E-state index contributed by atoms with van der Waals surface area (Å²) >= 11 is 6.04. The van der Waals surface area contributed by atoms with Crippen LogP contribution in [0.4, 0.5) is 5.95 Å². The molecule has 0 aliphatic rings. The van der Waals surface area contributed by atoms with Crippen molar-refractivity contribution in [1.29, 1.82) is 0 Å². The lowest BCUT2D eigenvalue weighted by molar-refractivity contribution is 0.627. The minimum absolute atomic E-state index is 0.236. The number of nitrogens with two attached hydrogens (primary N) is 1. The minimum Gasteiger partial charge on any atom is -0.369 e. The van der Waals surface area contributed by atoms with E-state index in [1.54, 1.807) is 12.4 Å². The van der Waals surface area contributed by atoms with Crippen LogP contribution in [-0.4, -0.2) is 14.5 Å². The lowest BCUT2D eigenvalue weighted by Gasteiger charge is -2.10. The zero-order valence-electron chi connectivity index (χ0n) is 8.03. The molecule has 0 unspecified atom stereocenters. The number of pyridine rings is 1. The van der Waals surface area contributed by atoms with E-state index in [1.807, 2.05) is 18.4 Å². The topological polar surface area (TPSA) is 56.7 Å². The normalized spacial score (nSPS) is 11.4. The van der Waals surface area contributed by atoms with Crippen LogP contribution in [0.25, 0.3) is 11.0 Å². The van der Waals surface area contributed by atoms with Crippen molar-refractivity contribution in [2.24, 2.45) is 0 Å². The standard InChI is InChI=1S/C9H11ClN4/c1-5(2)14-8-6(10)3-12-4-7(8)13-9(14)11/h3-5H,1-2H3,(H2,11,13). The number of rotatable bonds is 1. The summed E-state index contributed by atoms with van der Waals surface area (Å²) in [6.45, 7) is 4.07. The molecule has 2 N–H and O–H groups in total. The predicted octanol–water partition coefficient (Wildman–Crippen LogP) is 2.25. The fraction of sp³-hybridized carbons (Fsp3) is 0.333. The Morgan fingerprint density at radius 3 is 2.79 bits per heavy atom. The van der Waals surface area contributed by atoms with Gasteiger partial charge in [-0.1, -0.05) is 11.6 Å². The molecule has 0 aliphatic heterocycles. The second-order valence-electron chi connectivity index (χ2n) is 3.42. The molecule has 0 saturated carbocycles. The van der Waals surface area contributed by atoms with Gasteiger partial charge >= 0.3 is 0 Å². The van der Waals surface area contributed by atoms with Gasteiger partial charge in [-0.2, -0.15) is 0 Å². The molecule has 5 heteroatoms. The molecule has 0 atom stereocenters. The second kappa shape index (κ2) is 3.13. The van der Waals surface area contributed by atoms with Crippen molar-refractivity contribution < 1.29 is 0 Å². The highest BCUT2D eigenvalue weighted by Crippen LogP contribution is 2.27. The van der Waals surface area contributed by atoms with Crippen molar-refractivity contribution in [1.82, 2.24) is 14.5 Å². The molecule has 4 nitrogen and oxygen atoms in total. The summed E-state index contributed by atoms with van der Waals surface area (Å²) < 4.78 is 1.90. The van der Waals surface area contributed by atoms with Gasteiger partial charge in [0.05, 0.1) is 16.7 Å². The third-order valence-electron chi connectivity index (χ3n) is 2.09. The van der Waals surface area contributed by atoms with Crippen molar-refractivity contribution >= 4 is 28.6 Å². The Morgan fingerprint density at radius 2 is 2.14 bits per heavy atom. The average Bonchev–Trinajstić information content (AvgIpc) is 2.42. The van der Waals surface area contributed by atoms with E-state index in [-0.39, 0.29) is 6.04 Å². The third kappa shape index (κ3) is 1.23. The van der Waals surface area contributed by atoms with E-state index >= 15 is 0 Å². The van der Waals surface area contributed by atoms with Crippen molar-refractivity contribution in [3.63, 3.8) is 0 Å². The third-order valence-corrected chi connectivity index (χ3v) is 2.37. The molecular formula is C9H11ClN4. The maximum Gasteiger partial charge on any atom is 0.201 e. The van der Waals surface area contributed by atoms with Gasteiger partial charge in [0.15, 0.2) is 0 Å². The van der Waals surface area contributed by atoms with Gasteiger partial charge in [-0.05, 0) is 13.8 Å². The Labute approximate surface area is 86.7 Å². The van der Waals surface area contributed by atoms with Gasteiger partial charge in [-0.15, -0.1) is 0 Å². The van der Waals surface area contributed by atoms with Gasteiger partial charge in [0.2, 0.25) is 5.95 Å². The fourth-order valence-electron chi connectivity index (χ4n) is 1.55. The number of nitrogens with zero attached hydrogens (tertiary/aromatic N) is 3. The van der Waals surface area contributed by atoms with Crippen LogP contribution < -0.4 is 5.73 Å². The quantitative estimate of drug-likeness (QED) is 0.786. The molecule has 0 fully saturated rings. The van der Waals surface area contributed by atoms with E-state index in [1.165, 1.54) is 0 Å². The maximum absolute atomic E-state index is 6.04. The second-order valence-corrected chi connectivity index (χ2v) is 3.83. The highest BCUT2D eigenvalue weighted by molar-refractivity contribution is 6.34. The molecular weight excluding hydrogens is 200 g/mol. The van der Waals surface area contributed by atoms with E-state index in [0.717, 1.165) is 11.0 Å². The molecule has 2 aromatic rings. The Kier molecular flexibility index (Phi) is 2.07. The number of hydrogen-bond donors (Lipinski definition) is 1. The highest BCUT2D eigenvalue weighted by Gasteiger charge is 2.13. The molecule has 0 amide bonds. The molecule has 0 saturated heterocycles. The monoisotopic (exact) mass is 210 g/mol. The van der Waals surface area contributed by atoms with Crippen LogP contribution in [-0.2, 0) is 0 Å².